The lowest BCUT2D eigenvalue weighted by Gasteiger charge is -2.10. The van der Waals surface area contributed by atoms with Gasteiger partial charge in [-0.05, 0) is 32.4 Å². The molecule has 0 bridgehead atoms. The van der Waals surface area contributed by atoms with Crippen molar-refractivity contribution in [3.05, 3.63) is 24.2 Å². The van der Waals surface area contributed by atoms with Crippen LogP contribution in [0.1, 0.15) is 37.8 Å². The van der Waals surface area contributed by atoms with Gasteiger partial charge in [-0.1, -0.05) is 0 Å². The molecule has 0 aromatic carbocycles. The molecule has 1 aromatic heterocycles. The van der Waals surface area contributed by atoms with Crippen LogP contribution in [0.15, 0.2) is 23.0 Å². The maximum Gasteiger partial charge on any atom is 0.0950 e. The van der Waals surface area contributed by atoms with E-state index in [1.165, 1.54) is 5.56 Å². The molecule has 1 atom stereocenters. The lowest BCUT2D eigenvalue weighted by Crippen LogP contribution is -2.19. The Hall–Kier alpha value is -1.20. The molecule has 0 aliphatic heterocycles. The number of nitrogens with one attached hydrogen (secondary N) is 1. The second-order valence-electron chi connectivity index (χ2n) is 3.39. The summed E-state index contributed by atoms with van der Waals surface area (Å²) in [6.07, 6.45) is 11.7. The van der Waals surface area contributed by atoms with Crippen LogP contribution in [-0.4, -0.2) is 6.54 Å². The van der Waals surface area contributed by atoms with E-state index < -0.39 is 0 Å². The molecule has 0 fully saturated rings. The highest BCUT2D eigenvalue weighted by molar-refractivity contribution is 5.09. The van der Waals surface area contributed by atoms with E-state index in [9.17, 15) is 0 Å². The normalized spacial score (nSPS) is 12.3. The maximum absolute atomic E-state index is 5.16. The number of rotatable bonds is 6. The van der Waals surface area contributed by atoms with Gasteiger partial charge in [0.2, 0.25) is 0 Å². The molecular formula is C12H17NO. The van der Waals surface area contributed by atoms with Crippen LogP contribution in [-0.2, 0) is 0 Å². The van der Waals surface area contributed by atoms with Crippen LogP contribution in [0.3, 0.4) is 0 Å². The van der Waals surface area contributed by atoms with E-state index in [1.54, 1.807) is 12.5 Å². The molecule has 1 aromatic rings. The molecule has 2 nitrogen and oxygen atoms in total. The predicted octanol–water partition coefficient (Wildman–Crippen LogP) is 2.73. The second kappa shape index (κ2) is 6.28. The van der Waals surface area contributed by atoms with E-state index >= 15 is 0 Å². The van der Waals surface area contributed by atoms with Crippen molar-refractivity contribution >= 4 is 0 Å². The minimum Gasteiger partial charge on any atom is -0.472 e. The smallest absolute Gasteiger partial charge is 0.0950 e. The fraction of sp³-hybridized carbons (Fsp3) is 0.500. The Morgan fingerprint density at radius 1 is 1.57 bits per heavy atom. The Morgan fingerprint density at radius 2 is 2.43 bits per heavy atom. The Labute approximate surface area is 85.7 Å². The van der Waals surface area contributed by atoms with Gasteiger partial charge in [0.15, 0.2) is 0 Å². The zero-order chi connectivity index (χ0) is 10.2. The zero-order valence-electron chi connectivity index (χ0n) is 8.62. The van der Waals surface area contributed by atoms with Crippen molar-refractivity contribution in [2.24, 2.45) is 0 Å². The van der Waals surface area contributed by atoms with Gasteiger partial charge in [0.1, 0.15) is 0 Å². The monoisotopic (exact) mass is 191 g/mol. The molecule has 1 rings (SSSR count). The third kappa shape index (κ3) is 3.68. The van der Waals surface area contributed by atoms with Gasteiger partial charge in [-0.2, -0.15) is 0 Å². The number of terminal acetylenes is 1. The second-order valence-corrected chi connectivity index (χ2v) is 3.39. The molecule has 0 spiro atoms. The molecule has 2 heteroatoms. The summed E-state index contributed by atoms with van der Waals surface area (Å²) in [6, 6.07) is 2.35. The van der Waals surface area contributed by atoms with E-state index in [4.69, 9.17) is 10.8 Å². The van der Waals surface area contributed by atoms with Crippen LogP contribution >= 0.6 is 0 Å². The van der Waals surface area contributed by atoms with Crippen LogP contribution in [0.5, 0.6) is 0 Å². The summed E-state index contributed by atoms with van der Waals surface area (Å²) in [5.41, 5.74) is 1.20. The molecule has 0 amide bonds. The van der Waals surface area contributed by atoms with Crippen LogP contribution in [0.25, 0.3) is 0 Å². The molecule has 1 unspecified atom stereocenters. The quantitative estimate of drug-likeness (QED) is 0.552. The first-order valence-electron chi connectivity index (χ1n) is 5.03. The molecule has 1 N–H and O–H groups in total. The van der Waals surface area contributed by atoms with Crippen LogP contribution < -0.4 is 5.32 Å². The summed E-state index contributed by atoms with van der Waals surface area (Å²) < 4.78 is 5.01. The van der Waals surface area contributed by atoms with Crippen molar-refractivity contribution in [2.45, 2.75) is 32.2 Å². The van der Waals surface area contributed by atoms with Crippen LogP contribution in [0, 0.1) is 12.3 Å². The standard InChI is InChI=1S/C12H17NO/c1-3-4-5-6-8-13-11(2)12-7-9-14-10-12/h1,7,9-11,13H,4-6,8H2,2H3. The average molecular weight is 191 g/mol. The SMILES string of the molecule is C#CCCCCNC(C)c1ccoc1. The molecule has 0 aliphatic rings. The summed E-state index contributed by atoms with van der Waals surface area (Å²) >= 11 is 0. The molecule has 0 saturated heterocycles. The minimum absolute atomic E-state index is 0.361. The first kappa shape index (κ1) is 10.9. The predicted molar refractivity (Wildman–Crippen MR) is 57.8 cm³/mol. The molecule has 76 valence electrons. The van der Waals surface area contributed by atoms with Gasteiger partial charge in [0.25, 0.3) is 0 Å². The molecular weight excluding hydrogens is 174 g/mol. The van der Waals surface area contributed by atoms with Crippen molar-refractivity contribution in [3.63, 3.8) is 0 Å². The minimum atomic E-state index is 0.361. The van der Waals surface area contributed by atoms with E-state index in [0.29, 0.717) is 6.04 Å². The lowest BCUT2D eigenvalue weighted by atomic mass is 10.1. The largest absolute Gasteiger partial charge is 0.472 e. The first-order valence-corrected chi connectivity index (χ1v) is 5.03. The van der Waals surface area contributed by atoms with E-state index in [2.05, 4.69) is 18.2 Å². The number of unbranched alkanes of at least 4 members (excludes halogenated alkanes) is 2. The van der Waals surface area contributed by atoms with Crippen molar-refractivity contribution in [2.75, 3.05) is 6.54 Å². The average Bonchev–Trinajstić information content (AvgIpc) is 2.70. The molecule has 14 heavy (non-hydrogen) atoms. The fourth-order valence-electron chi connectivity index (χ4n) is 1.31. The van der Waals surface area contributed by atoms with Crippen molar-refractivity contribution in [3.8, 4) is 12.3 Å². The van der Waals surface area contributed by atoms with Crippen molar-refractivity contribution < 1.29 is 4.42 Å². The third-order valence-electron chi connectivity index (χ3n) is 2.24. The Balaban J connectivity index is 2.10. The summed E-state index contributed by atoms with van der Waals surface area (Å²) in [5.74, 6) is 2.64. The molecule has 0 saturated carbocycles. The fourth-order valence-corrected chi connectivity index (χ4v) is 1.31. The Bertz CT molecular complexity index is 271. The Morgan fingerprint density at radius 3 is 3.07 bits per heavy atom. The van der Waals surface area contributed by atoms with Gasteiger partial charge in [0, 0.05) is 18.0 Å². The van der Waals surface area contributed by atoms with Gasteiger partial charge in [0.05, 0.1) is 12.5 Å². The van der Waals surface area contributed by atoms with Crippen molar-refractivity contribution in [1.82, 2.24) is 5.32 Å². The van der Waals surface area contributed by atoms with Gasteiger partial charge in [-0.3, -0.25) is 0 Å². The molecule has 1 heterocycles. The number of hydrogen-bond donors (Lipinski definition) is 1. The number of furan rings is 1. The number of hydrogen-bond acceptors (Lipinski definition) is 2. The lowest BCUT2D eigenvalue weighted by molar-refractivity contribution is 0.528. The molecule has 0 aliphatic carbocycles. The van der Waals surface area contributed by atoms with Gasteiger partial charge in [-0.25, -0.2) is 0 Å². The van der Waals surface area contributed by atoms with Gasteiger partial charge < -0.3 is 9.73 Å². The van der Waals surface area contributed by atoms with E-state index in [1.807, 2.05) is 6.07 Å². The zero-order valence-corrected chi connectivity index (χ0v) is 8.62. The van der Waals surface area contributed by atoms with E-state index in [0.717, 1.165) is 25.8 Å². The Kier molecular flexibility index (Phi) is 4.88. The first-order chi connectivity index (χ1) is 6.84. The summed E-state index contributed by atoms with van der Waals surface area (Å²) in [7, 11) is 0. The highest BCUT2D eigenvalue weighted by atomic mass is 16.3. The maximum atomic E-state index is 5.16. The van der Waals surface area contributed by atoms with Crippen LogP contribution in [0.4, 0.5) is 0 Å². The van der Waals surface area contributed by atoms with Gasteiger partial charge >= 0.3 is 0 Å². The summed E-state index contributed by atoms with van der Waals surface area (Å²) in [5, 5.41) is 3.42. The van der Waals surface area contributed by atoms with E-state index in [-0.39, 0.29) is 0 Å². The van der Waals surface area contributed by atoms with Gasteiger partial charge in [-0.15, -0.1) is 12.3 Å². The molecule has 0 radical (unpaired) electrons. The topological polar surface area (TPSA) is 25.2 Å². The summed E-state index contributed by atoms with van der Waals surface area (Å²) in [6.45, 7) is 3.14. The highest BCUT2D eigenvalue weighted by Gasteiger charge is 2.04. The third-order valence-corrected chi connectivity index (χ3v) is 2.24. The highest BCUT2D eigenvalue weighted by Crippen LogP contribution is 2.11. The van der Waals surface area contributed by atoms with Crippen molar-refractivity contribution in [1.29, 1.82) is 0 Å². The van der Waals surface area contributed by atoms with Crippen LogP contribution in [0.2, 0.25) is 0 Å². The summed E-state index contributed by atoms with van der Waals surface area (Å²) in [4.78, 5) is 0.